The fourth-order valence-corrected chi connectivity index (χ4v) is 1.48. The van der Waals surface area contributed by atoms with Gasteiger partial charge in [-0.1, -0.05) is 11.6 Å². The molecule has 66 valence electrons. The summed E-state index contributed by atoms with van der Waals surface area (Å²) in [5, 5.41) is 9.21. The van der Waals surface area contributed by atoms with Gasteiger partial charge in [0.05, 0.1) is 16.5 Å². The Morgan fingerprint density at radius 1 is 1.62 bits per heavy atom. The molecular weight excluding hydrogens is 191 g/mol. The molecule has 1 saturated carbocycles. The quantitative estimate of drug-likeness (QED) is 0.647. The van der Waals surface area contributed by atoms with Crippen LogP contribution in [0.2, 0.25) is 5.02 Å². The molecule has 1 aliphatic rings. The van der Waals surface area contributed by atoms with Crippen LogP contribution in [0.4, 0.5) is 4.39 Å². The average Bonchev–Trinajstić information content (AvgIpc) is 2.90. The first kappa shape index (κ1) is 8.46. The van der Waals surface area contributed by atoms with Crippen molar-refractivity contribution in [2.75, 3.05) is 0 Å². The van der Waals surface area contributed by atoms with Gasteiger partial charge in [-0.25, -0.2) is 4.98 Å². The molecule has 0 bridgehead atoms. The molecule has 1 fully saturated rings. The number of pyridine rings is 1. The van der Waals surface area contributed by atoms with Crippen molar-refractivity contribution >= 4 is 11.6 Å². The molecule has 0 N–H and O–H groups in total. The van der Waals surface area contributed by atoms with Crippen LogP contribution in [0.15, 0.2) is 12.3 Å². The summed E-state index contributed by atoms with van der Waals surface area (Å²) in [5.74, 6) is -0.580. The minimum atomic E-state index is -0.651. The van der Waals surface area contributed by atoms with Gasteiger partial charge in [-0.05, 0) is 18.9 Å². The molecule has 1 heterocycles. The highest BCUT2D eigenvalue weighted by Gasteiger charge is 2.47. The predicted octanol–water partition coefficient (Wildman–Crippen LogP) is 2.43. The van der Waals surface area contributed by atoms with Crippen molar-refractivity contribution in [2.24, 2.45) is 0 Å². The zero-order chi connectivity index (χ0) is 9.47. The molecule has 2 nitrogen and oxygen atoms in total. The summed E-state index contributed by atoms with van der Waals surface area (Å²) in [6.45, 7) is 0. The Balaban J connectivity index is 2.52. The molecule has 0 radical (unpaired) electrons. The van der Waals surface area contributed by atoms with Crippen molar-refractivity contribution in [3.8, 4) is 6.07 Å². The van der Waals surface area contributed by atoms with Gasteiger partial charge in [0.15, 0.2) is 0 Å². The van der Waals surface area contributed by atoms with Crippen LogP contribution in [-0.4, -0.2) is 4.98 Å². The second-order valence-electron chi connectivity index (χ2n) is 3.19. The fraction of sp³-hybridized carbons (Fsp3) is 0.333. The number of halogens is 2. The van der Waals surface area contributed by atoms with Crippen LogP contribution in [0.25, 0.3) is 0 Å². The van der Waals surface area contributed by atoms with Gasteiger partial charge in [0, 0.05) is 11.8 Å². The second kappa shape index (κ2) is 2.68. The van der Waals surface area contributed by atoms with E-state index in [0.29, 0.717) is 23.4 Å². The van der Waals surface area contributed by atoms with Gasteiger partial charge in [0.1, 0.15) is 0 Å². The summed E-state index contributed by atoms with van der Waals surface area (Å²) in [6.07, 6.45) is 2.64. The van der Waals surface area contributed by atoms with Crippen LogP contribution in [0.3, 0.4) is 0 Å². The molecule has 1 aromatic heterocycles. The molecule has 0 aliphatic heterocycles. The average molecular weight is 197 g/mol. The van der Waals surface area contributed by atoms with Gasteiger partial charge >= 0.3 is 0 Å². The van der Waals surface area contributed by atoms with Gasteiger partial charge in [-0.3, -0.25) is 0 Å². The zero-order valence-electron chi connectivity index (χ0n) is 6.72. The number of hydrogen-bond donors (Lipinski definition) is 0. The van der Waals surface area contributed by atoms with E-state index in [0.717, 1.165) is 0 Å². The first-order chi connectivity index (χ1) is 6.18. The maximum atomic E-state index is 13.2. The SMILES string of the molecule is N#CC1(c2cc(Cl)cnc2F)CC1. The van der Waals surface area contributed by atoms with E-state index in [9.17, 15) is 4.39 Å². The van der Waals surface area contributed by atoms with Crippen molar-refractivity contribution in [3.05, 3.63) is 28.8 Å². The molecule has 1 aliphatic carbocycles. The second-order valence-corrected chi connectivity index (χ2v) is 3.62. The third kappa shape index (κ3) is 1.27. The lowest BCUT2D eigenvalue weighted by molar-refractivity contribution is 0.557. The van der Waals surface area contributed by atoms with E-state index in [1.807, 2.05) is 0 Å². The van der Waals surface area contributed by atoms with Crippen LogP contribution >= 0.6 is 11.6 Å². The molecule has 0 unspecified atom stereocenters. The molecular formula is C9H6ClFN2. The summed E-state index contributed by atoms with van der Waals surface area (Å²) < 4.78 is 13.2. The zero-order valence-corrected chi connectivity index (χ0v) is 7.48. The standard InChI is InChI=1S/C9H6ClFN2/c10-6-3-7(8(11)13-4-6)9(5-12)1-2-9/h3-4H,1-2H2. The van der Waals surface area contributed by atoms with Gasteiger partial charge in [0.25, 0.3) is 0 Å². The number of nitrogens with zero attached hydrogens (tertiary/aromatic N) is 2. The van der Waals surface area contributed by atoms with Crippen molar-refractivity contribution in [2.45, 2.75) is 18.3 Å². The minimum absolute atomic E-state index is 0.336. The van der Waals surface area contributed by atoms with Gasteiger partial charge in [0.2, 0.25) is 5.95 Å². The van der Waals surface area contributed by atoms with Crippen LogP contribution < -0.4 is 0 Å². The first-order valence-electron chi connectivity index (χ1n) is 3.91. The van der Waals surface area contributed by atoms with Gasteiger partial charge in [-0.2, -0.15) is 9.65 Å². The lowest BCUT2D eigenvalue weighted by Gasteiger charge is -2.06. The van der Waals surface area contributed by atoms with Crippen molar-refractivity contribution in [1.29, 1.82) is 5.26 Å². The Morgan fingerprint density at radius 3 is 2.85 bits per heavy atom. The highest BCUT2D eigenvalue weighted by atomic mass is 35.5. The lowest BCUT2D eigenvalue weighted by Crippen LogP contribution is -2.07. The van der Waals surface area contributed by atoms with Crippen LogP contribution in [0.1, 0.15) is 18.4 Å². The smallest absolute Gasteiger partial charge is 0.217 e. The summed E-state index contributed by atoms with van der Waals surface area (Å²) in [7, 11) is 0. The number of hydrogen-bond acceptors (Lipinski definition) is 2. The molecule has 4 heteroatoms. The third-order valence-corrected chi connectivity index (χ3v) is 2.49. The predicted molar refractivity (Wildman–Crippen MR) is 45.7 cm³/mol. The summed E-state index contributed by atoms with van der Waals surface area (Å²) in [5.41, 5.74) is -0.315. The van der Waals surface area contributed by atoms with E-state index in [2.05, 4.69) is 11.1 Å². The molecule has 0 saturated heterocycles. The molecule has 1 aromatic rings. The minimum Gasteiger partial charge on any atom is -0.226 e. The van der Waals surface area contributed by atoms with Crippen molar-refractivity contribution in [1.82, 2.24) is 4.98 Å². The summed E-state index contributed by atoms with van der Waals surface area (Å²) >= 11 is 5.67. The van der Waals surface area contributed by atoms with E-state index >= 15 is 0 Å². The molecule has 2 rings (SSSR count). The Hall–Kier alpha value is -1.14. The highest BCUT2D eigenvalue weighted by Crippen LogP contribution is 2.48. The molecule has 0 spiro atoms. The van der Waals surface area contributed by atoms with Crippen LogP contribution in [-0.2, 0) is 5.41 Å². The van der Waals surface area contributed by atoms with E-state index in [1.165, 1.54) is 12.3 Å². The Morgan fingerprint density at radius 2 is 2.31 bits per heavy atom. The van der Waals surface area contributed by atoms with E-state index < -0.39 is 11.4 Å². The molecule has 0 aromatic carbocycles. The van der Waals surface area contributed by atoms with E-state index in [4.69, 9.17) is 16.9 Å². The van der Waals surface area contributed by atoms with Crippen LogP contribution in [0.5, 0.6) is 0 Å². The third-order valence-electron chi connectivity index (χ3n) is 2.29. The Kier molecular flexibility index (Phi) is 1.74. The summed E-state index contributed by atoms with van der Waals surface area (Å²) in [6, 6.07) is 3.58. The monoisotopic (exact) mass is 196 g/mol. The van der Waals surface area contributed by atoms with Gasteiger partial charge < -0.3 is 0 Å². The molecule has 13 heavy (non-hydrogen) atoms. The number of nitriles is 1. The molecule has 0 atom stereocenters. The fourth-order valence-electron chi connectivity index (χ4n) is 1.32. The lowest BCUT2D eigenvalue weighted by atomic mass is 10.00. The Labute approximate surface area is 80.0 Å². The highest BCUT2D eigenvalue weighted by molar-refractivity contribution is 6.30. The number of aromatic nitrogens is 1. The maximum absolute atomic E-state index is 13.2. The van der Waals surface area contributed by atoms with Crippen molar-refractivity contribution in [3.63, 3.8) is 0 Å². The topological polar surface area (TPSA) is 36.7 Å². The van der Waals surface area contributed by atoms with Gasteiger partial charge in [-0.15, -0.1) is 0 Å². The maximum Gasteiger partial charge on any atom is 0.217 e. The number of rotatable bonds is 1. The Bertz CT molecular complexity index is 393. The summed E-state index contributed by atoms with van der Waals surface area (Å²) in [4.78, 5) is 3.48. The van der Waals surface area contributed by atoms with Crippen LogP contribution in [0, 0.1) is 17.3 Å². The first-order valence-corrected chi connectivity index (χ1v) is 4.28. The molecule has 0 amide bonds. The largest absolute Gasteiger partial charge is 0.226 e. The normalized spacial score (nSPS) is 17.9. The van der Waals surface area contributed by atoms with Crippen molar-refractivity contribution < 1.29 is 4.39 Å². The van der Waals surface area contributed by atoms with E-state index in [1.54, 1.807) is 0 Å². The van der Waals surface area contributed by atoms with E-state index in [-0.39, 0.29) is 0 Å².